The summed E-state index contributed by atoms with van der Waals surface area (Å²) in [7, 11) is -4.20. The Labute approximate surface area is 158 Å². The average Bonchev–Trinajstić information content (AvgIpc) is 2.56. The lowest BCUT2D eigenvalue weighted by Crippen LogP contribution is -2.37. The van der Waals surface area contributed by atoms with Crippen LogP contribution in [0.3, 0.4) is 0 Å². The molecule has 1 aromatic carbocycles. The predicted molar refractivity (Wildman–Crippen MR) is 101 cm³/mol. The Bertz CT molecular complexity index is 1170. The summed E-state index contributed by atoms with van der Waals surface area (Å²) in [5.41, 5.74) is 1.38. The smallest absolute Gasteiger partial charge is 0.349 e. The molecule has 3 rings (SSSR count). The standard InChI is InChI=1S/C16H20N5O6P/c1-8-5-10-11(6-9(8)2)21(7-12(22)17-3-4-28(25,26)27)14-13(18-10)15(23)20-16(24)19-14/h5-6,12,17,22H,3-4,7H2,1-2H3,(H,20,23,24)(H2,25,26,27). The number of fused-ring (bicyclic) bond motifs is 2. The summed E-state index contributed by atoms with van der Waals surface area (Å²) in [5, 5.41) is 12.9. The van der Waals surface area contributed by atoms with E-state index in [0.717, 1.165) is 11.1 Å². The molecule has 28 heavy (non-hydrogen) atoms. The minimum Gasteiger partial charge on any atom is -0.377 e. The molecule has 150 valence electrons. The van der Waals surface area contributed by atoms with Gasteiger partial charge in [0.25, 0.3) is 5.56 Å². The highest BCUT2D eigenvalue weighted by Gasteiger charge is 2.21. The van der Waals surface area contributed by atoms with Crippen molar-refractivity contribution >= 4 is 18.6 Å². The van der Waals surface area contributed by atoms with Gasteiger partial charge < -0.3 is 19.5 Å². The van der Waals surface area contributed by atoms with E-state index in [2.05, 4.69) is 20.3 Å². The van der Waals surface area contributed by atoms with Crippen molar-refractivity contribution in [1.82, 2.24) is 24.8 Å². The van der Waals surface area contributed by atoms with Crippen LogP contribution in [0.4, 0.5) is 0 Å². The molecule has 0 aromatic heterocycles. The molecule has 0 bridgehead atoms. The lowest BCUT2D eigenvalue weighted by atomic mass is 10.1. The number of hydrogen-bond acceptors (Lipinski definition) is 7. The van der Waals surface area contributed by atoms with Gasteiger partial charge in [0.1, 0.15) is 6.23 Å². The predicted octanol–water partition coefficient (Wildman–Crippen LogP) is -0.713. The lowest BCUT2D eigenvalue weighted by molar-refractivity contribution is 0.121. The van der Waals surface area contributed by atoms with Crippen molar-refractivity contribution in [2.24, 2.45) is 0 Å². The molecule has 0 radical (unpaired) electrons. The van der Waals surface area contributed by atoms with Crippen LogP contribution in [-0.4, -0.2) is 53.3 Å². The van der Waals surface area contributed by atoms with Crippen LogP contribution < -0.4 is 16.6 Å². The van der Waals surface area contributed by atoms with E-state index in [1.165, 1.54) is 4.57 Å². The molecule has 5 N–H and O–H groups in total. The average molecular weight is 409 g/mol. The molecule has 2 aliphatic rings. The number of nitrogens with one attached hydrogen (secondary N) is 2. The number of H-pyrrole nitrogens is 1. The Morgan fingerprint density at radius 3 is 2.57 bits per heavy atom. The van der Waals surface area contributed by atoms with E-state index in [1.807, 2.05) is 19.9 Å². The Hall–Kier alpha value is -2.43. The van der Waals surface area contributed by atoms with E-state index in [-0.39, 0.29) is 24.6 Å². The Morgan fingerprint density at radius 1 is 1.21 bits per heavy atom. The first-order chi connectivity index (χ1) is 13.0. The third kappa shape index (κ3) is 4.34. The Kier molecular flexibility index (Phi) is 5.46. The van der Waals surface area contributed by atoms with Crippen molar-refractivity contribution in [3.63, 3.8) is 0 Å². The number of rotatable bonds is 6. The van der Waals surface area contributed by atoms with Gasteiger partial charge in [0.05, 0.1) is 23.7 Å². The Morgan fingerprint density at radius 2 is 1.89 bits per heavy atom. The second kappa shape index (κ2) is 7.53. The quantitative estimate of drug-likeness (QED) is 0.200. The van der Waals surface area contributed by atoms with E-state index in [4.69, 9.17) is 9.79 Å². The molecular formula is C16H20N5O6P. The number of aliphatic hydroxyl groups is 1. The highest BCUT2D eigenvalue weighted by molar-refractivity contribution is 7.51. The lowest BCUT2D eigenvalue weighted by Gasteiger charge is -2.21. The summed E-state index contributed by atoms with van der Waals surface area (Å²) in [6.07, 6.45) is -1.64. The van der Waals surface area contributed by atoms with Crippen LogP contribution in [0.1, 0.15) is 11.1 Å². The first-order valence-electron chi connectivity index (χ1n) is 8.43. The molecule has 0 saturated heterocycles. The van der Waals surface area contributed by atoms with E-state index < -0.39 is 31.2 Å². The van der Waals surface area contributed by atoms with Crippen molar-refractivity contribution in [2.45, 2.75) is 26.6 Å². The minimum atomic E-state index is -4.20. The van der Waals surface area contributed by atoms with Gasteiger partial charge in [-0.1, -0.05) is 0 Å². The maximum Gasteiger partial charge on any atom is 0.349 e. The normalized spacial score (nSPS) is 13.3. The summed E-state index contributed by atoms with van der Waals surface area (Å²) in [5.74, 6) is 0.0142. The number of aromatic nitrogens is 4. The number of benzene rings is 1. The van der Waals surface area contributed by atoms with Crippen LogP contribution in [0.2, 0.25) is 0 Å². The zero-order valence-corrected chi connectivity index (χ0v) is 16.1. The summed E-state index contributed by atoms with van der Waals surface area (Å²) < 4.78 is 12.4. The fourth-order valence-corrected chi connectivity index (χ4v) is 3.27. The molecule has 1 aromatic rings. The monoisotopic (exact) mass is 409 g/mol. The SMILES string of the molecule is Cc1cc2nc3c(=O)[nH]c(=O)nc-3n(CC(O)NCCP(=O)(O)O)c2cc1C. The van der Waals surface area contributed by atoms with Gasteiger partial charge in [-0.15, -0.1) is 0 Å². The van der Waals surface area contributed by atoms with Gasteiger partial charge in [0.2, 0.25) is 0 Å². The van der Waals surface area contributed by atoms with Crippen molar-refractivity contribution in [2.75, 3.05) is 12.7 Å². The fourth-order valence-electron chi connectivity index (χ4n) is 2.85. The van der Waals surface area contributed by atoms with Gasteiger partial charge in [-0.3, -0.25) is 19.7 Å². The zero-order valence-electron chi connectivity index (χ0n) is 15.2. The molecule has 0 spiro atoms. The van der Waals surface area contributed by atoms with Gasteiger partial charge >= 0.3 is 13.3 Å². The molecular weight excluding hydrogens is 389 g/mol. The van der Waals surface area contributed by atoms with Crippen LogP contribution in [0.5, 0.6) is 0 Å². The first kappa shape index (κ1) is 20.3. The van der Waals surface area contributed by atoms with Crippen molar-refractivity contribution in [3.8, 4) is 11.5 Å². The van der Waals surface area contributed by atoms with Gasteiger partial charge in [-0.05, 0) is 37.1 Å². The Balaban J connectivity index is 2.09. The van der Waals surface area contributed by atoms with E-state index in [1.54, 1.807) is 6.07 Å². The molecule has 0 amide bonds. The minimum absolute atomic E-state index is 0.0142. The van der Waals surface area contributed by atoms with Crippen LogP contribution in [-0.2, 0) is 11.1 Å². The number of hydrogen-bond donors (Lipinski definition) is 5. The summed E-state index contributed by atoms with van der Waals surface area (Å²) >= 11 is 0. The number of aliphatic hydroxyl groups excluding tert-OH is 1. The maximum atomic E-state index is 12.2. The largest absolute Gasteiger partial charge is 0.377 e. The second-order valence-electron chi connectivity index (χ2n) is 6.55. The number of nitrogens with zero attached hydrogens (tertiary/aromatic N) is 3. The number of aryl methyl sites for hydroxylation is 2. The van der Waals surface area contributed by atoms with Crippen LogP contribution >= 0.6 is 7.60 Å². The fraction of sp³-hybridized carbons (Fsp3) is 0.375. The van der Waals surface area contributed by atoms with Gasteiger partial charge in [0, 0.05) is 6.54 Å². The van der Waals surface area contributed by atoms with E-state index in [9.17, 15) is 19.3 Å². The van der Waals surface area contributed by atoms with E-state index in [0.29, 0.717) is 11.0 Å². The van der Waals surface area contributed by atoms with Crippen molar-refractivity contribution in [1.29, 1.82) is 0 Å². The molecule has 0 saturated carbocycles. The van der Waals surface area contributed by atoms with Gasteiger partial charge in [-0.25, -0.2) is 9.78 Å². The highest BCUT2D eigenvalue weighted by atomic mass is 31.2. The van der Waals surface area contributed by atoms with E-state index >= 15 is 0 Å². The second-order valence-corrected chi connectivity index (χ2v) is 8.33. The molecule has 1 atom stereocenters. The molecule has 0 aliphatic carbocycles. The summed E-state index contributed by atoms with van der Waals surface area (Å²) in [6, 6.07) is 3.60. The molecule has 1 unspecified atom stereocenters. The van der Waals surface area contributed by atoms with Gasteiger partial charge in [0.15, 0.2) is 11.5 Å². The first-order valence-corrected chi connectivity index (χ1v) is 10.2. The topological polar surface area (TPSA) is 170 Å². The highest BCUT2D eigenvalue weighted by Crippen LogP contribution is 2.32. The molecule has 11 nitrogen and oxygen atoms in total. The van der Waals surface area contributed by atoms with Crippen molar-refractivity contribution in [3.05, 3.63) is 44.1 Å². The molecule has 2 aliphatic heterocycles. The maximum absolute atomic E-state index is 12.2. The number of aromatic amines is 1. The molecule has 12 heteroatoms. The van der Waals surface area contributed by atoms with Crippen LogP contribution in [0.15, 0.2) is 21.7 Å². The zero-order chi connectivity index (χ0) is 20.6. The van der Waals surface area contributed by atoms with Crippen molar-refractivity contribution < 1.29 is 19.5 Å². The summed E-state index contributed by atoms with van der Waals surface area (Å²) in [6.45, 7) is 3.55. The molecule has 2 heterocycles. The molecule has 0 fully saturated rings. The van der Waals surface area contributed by atoms with Crippen LogP contribution in [0, 0.1) is 13.8 Å². The third-order valence-corrected chi connectivity index (χ3v) is 5.17. The van der Waals surface area contributed by atoms with Crippen LogP contribution in [0.25, 0.3) is 22.6 Å². The third-order valence-electron chi connectivity index (χ3n) is 4.36. The summed E-state index contributed by atoms with van der Waals surface area (Å²) in [4.78, 5) is 51.9. The van der Waals surface area contributed by atoms with Gasteiger partial charge in [-0.2, -0.15) is 4.98 Å².